The molecule has 0 spiro atoms. The number of hydrogen-bond donors (Lipinski definition) is 2. The van der Waals surface area contributed by atoms with Crippen molar-refractivity contribution in [2.75, 3.05) is 12.3 Å². The van der Waals surface area contributed by atoms with Gasteiger partial charge in [-0.2, -0.15) is 10.5 Å². The molecule has 12 heteroatoms. The Morgan fingerprint density at radius 1 is 1.07 bits per heavy atom. The summed E-state index contributed by atoms with van der Waals surface area (Å²) in [5.41, 5.74) is 7.87. The van der Waals surface area contributed by atoms with Crippen molar-refractivity contribution in [1.82, 2.24) is 0 Å². The first kappa shape index (κ1) is 35.3. The van der Waals surface area contributed by atoms with Crippen molar-refractivity contribution in [2.45, 2.75) is 19.8 Å². The van der Waals surface area contributed by atoms with E-state index in [2.05, 4.69) is 6.07 Å². The zero-order chi connectivity index (χ0) is 21.8. The van der Waals surface area contributed by atoms with Gasteiger partial charge < -0.3 is 21.8 Å². The summed E-state index contributed by atoms with van der Waals surface area (Å²) in [4.78, 5) is 9.81. The van der Waals surface area contributed by atoms with E-state index in [0.717, 1.165) is 5.56 Å². The Kier molecular flexibility index (Phi) is 29.3. The maximum absolute atomic E-state index is 10.3. The molecule has 9 nitrogen and oxygen atoms in total. The van der Waals surface area contributed by atoms with E-state index in [1.807, 2.05) is 24.3 Å². The third kappa shape index (κ3) is 20.6. The number of benzene rings is 2. The number of aliphatic hydroxyl groups excluding tert-OH is 1. The van der Waals surface area contributed by atoms with Crippen molar-refractivity contribution in [2.24, 2.45) is 0 Å². The van der Waals surface area contributed by atoms with Crippen LogP contribution in [-0.2, 0) is 12.8 Å². The molecule has 0 saturated carbocycles. The first-order chi connectivity index (χ1) is 13.4. The molecule has 0 heterocycles. The van der Waals surface area contributed by atoms with Gasteiger partial charge >= 0.3 is 36.7 Å². The average Bonchev–Trinajstić information content (AvgIpc) is 2.64. The fourth-order valence-corrected chi connectivity index (χ4v) is 1.67. The van der Waals surface area contributed by atoms with E-state index in [1.165, 1.54) is 12.1 Å². The van der Waals surface area contributed by atoms with Crippen molar-refractivity contribution in [3.63, 3.8) is 0 Å². The number of nitrogens with two attached hydrogens (primary N) is 1. The molecule has 0 aliphatic carbocycles. The zero-order valence-corrected chi connectivity index (χ0v) is 20.5. The Balaban J connectivity index is -0.000000171. The first-order valence-electron chi connectivity index (χ1n) is 7.78. The Bertz CT molecular complexity index is 784. The average molecular weight is 566 g/mol. The quantitative estimate of drug-likeness (QED) is 0.247. The van der Waals surface area contributed by atoms with Crippen molar-refractivity contribution in [3.05, 3.63) is 69.8 Å². The molecule has 0 unspecified atom stereocenters. The third-order valence-corrected chi connectivity index (χ3v) is 2.64. The van der Waals surface area contributed by atoms with Crippen molar-refractivity contribution < 1.29 is 21.0 Å². The van der Waals surface area contributed by atoms with E-state index in [1.54, 1.807) is 25.1 Å². The van der Waals surface area contributed by atoms with Crippen LogP contribution in [0.3, 0.4) is 0 Å². The van der Waals surface area contributed by atoms with Crippen LogP contribution in [0.25, 0.3) is 0 Å². The standard InChI is InChI=1S/C8H6N2O2.C8H8N2.C2H6O.2ClH.2H2O.Sn/c9-5-4-7-2-1-3-8(6-7)10(11)12;9-5-4-7-2-1-3-8(10)6-7;1-2-3;;;;;/h1-3,6H,4H2;1-3,6H,4,10H2;3H,2H2,1H3;2*1H;2*1H2;/q;;;;;;;+2/p-2. The fourth-order valence-electron chi connectivity index (χ4n) is 1.67. The molecule has 2 rings (SSSR count). The second-order valence-electron chi connectivity index (χ2n) is 4.73. The van der Waals surface area contributed by atoms with Crippen molar-refractivity contribution in [1.29, 1.82) is 10.5 Å². The minimum atomic E-state index is -0.826. The number of nitrogen functional groups attached to an aromatic ring is 1. The zero-order valence-electron chi connectivity index (χ0n) is 16.2. The Hall–Kier alpha value is -2.12. The number of nitro benzene ring substituents is 1. The topological polar surface area (TPSA) is 200 Å². The molecular formula is C18H24Cl2N4O5Sn. The van der Waals surface area contributed by atoms with Crippen LogP contribution in [0.4, 0.5) is 11.4 Å². The fraction of sp³-hybridized carbons (Fsp3) is 0.222. The molecule has 0 aliphatic rings. The number of nitro groups is 1. The molecule has 0 aliphatic heterocycles. The van der Waals surface area contributed by atoms with Gasteiger partial charge in [-0.15, -0.1) is 0 Å². The summed E-state index contributed by atoms with van der Waals surface area (Å²) in [5.74, 6) is 0. The van der Waals surface area contributed by atoms with E-state index >= 15 is 0 Å². The minimum absolute atomic E-state index is 0. The van der Waals surface area contributed by atoms with Gasteiger partial charge in [0.25, 0.3) is 5.69 Å². The Morgan fingerprint density at radius 3 is 1.83 bits per heavy atom. The molecule has 0 amide bonds. The SMILES string of the molecule is CCO.N#CCc1cccc(N)c1.N#CCc1cccc([N+](=O)[O-])c1.O.O.[Cl][Sn][Cl]. The summed E-state index contributed by atoms with van der Waals surface area (Å²) in [6.45, 7) is 1.93. The number of hydrogen-bond acceptors (Lipinski definition) is 6. The molecule has 0 atom stereocenters. The summed E-state index contributed by atoms with van der Waals surface area (Å²) < 4.78 is 0. The molecule has 2 radical (unpaired) electrons. The van der Waals surface area contributed by atoms with Gasteiger partial charge in [-0.25, -0.2) is 0 Å². The molecule has 7 N–H and O–H groups in total. The number of rotatable bonds is 3. The summed E-state index contributed by atoms with van der Waals surface area (Å²) >= 11 is -0.826. The van der Waals surface area contributed by atoms with Gasteiger partial charge in [-0.1, -0.05) is 24.3 Å². The Labute approximate surface area is 193 Å². The number of anilines is 1. The van der Waals surface area contributed by atoms with Crippen LogP contribution in [0.1, 0.15) is 18.1 Å². The predicted molar refractivity (Wildman–Crippen MR) is 120 cm³/mol. The van der Waals surface area contributed by atoms with Gasteiger partial charge in [0.15, 0.2) is 0 Å². The molecule has 2 aromatic rings. The summed E-state index contributed by atoms with van der Waals surface area (Å²) in [6.07, 6.45) is 0.646. The van der Waals surface area contributed by atoms with E-state index in [0.29, 0.717) is 17.7 Å². The molecule has 30 heavy (non-hydrogen) atoms. The number of nitrogens with zero attached hydrogens (tertiary/aromatic N) is 3. The molecule has 0 saturated heterocycles. The van der Waals surface area contributed by atoms with Gasteiger partial charge in [-0.3, -0.25) is 10.1 Å². The van der Waals surface area contributed by atoms with E-state index in [4.69, 9.17) is 39.2 Å². The summed E-state index contributed by atoms with van der Waals surface area (Å²) in [6, 6.07) is 17.4. The van der Waals surface area contributed by atoms with Gasteiger partial charge in [0.05, 0.1) is 29.9 Å². The normalized spacial score (nSPS) is 7.67. The molecule has 0 bridgehead atoms. The van der Waals surface area contributed by atoms with Gasteiger partial charge in [-0.05, 0) is 30.2 Å². The van der Waals surface area contributed by atoms with Gasteiger partial charge in [0, 0.05) is 24.4 Å². The Morgan fingerprint density at radius 2 is 1.47 bits per heavy atom. The van der Waals surface area contributed by atoms with Gasteiger partial charge in [0.2, 0.25) is 0 Å². The second kappa shape index (κ2) is 24.9. The van der Waals surface area contributed by atoms with Gasteiger partial charge in [0.1, 0.15) is 0 Å². The molecule has 0 aromatic heterocycles. The van der Waals surface area contributed by atoms with Crippen molar-refractivity contribution in [3.8, 4) is 12.1 Å². The van der Waals surface area contributed by atoms with Crippen LogP contribution in [0.2, 0.25) is 0 Å². The number of aliphatic hydroxyl groups is 1. The number of halogens is 2. The van der Waals surface area contributed by atoms with Crippen LogP contribution in [0.5, 0.6) is 0 Å². The van der Waals surface area contributed by atoms with E-state index < -0.39 is 23.8 Å². The molecule has 164 valence electrons. The first-order valence-corrected chi connectivity index (χ1v) is 15.0. The maximum atomic E-state index is 10.3. The third-order valence-electron chi connectivity index (χ3n) is 2.64. The summed E-state index contributed by atoms with van der Waals surface area (Å²) in [7, 11) is 9.87. The molecule has 0 fully saturated rings. The number of nitriles is 2. The van der Waals surface area contributed by atoms with Crippen molar-refractivity contribution >= 4 is 48.1 Å². The van der Waals surface area contributed by atoms with Crippen LogP contribution in [0.15, 0.2) is 48.5 Å². The number of non-ortho nitro benzene ring substituents is 1. The summed E-state index contributed by atoms with van der Waals surface area (Å²) in [5, 5.41) is 34.5. The monoisotopic (exact) mass is 566 g/mol. The van der Waals surface area contributed by atoms with Crippen LogP contribution in [0, 0.1) is 32.8 Å². The van der Waals surface area contributed by atoms with Crippen LogP contribution in [-0.4, -0.2) is 46.5 Å². The van der Waals surface area contributed by atoms with E-state index in [-0.39, 0.29) is 29.7 Å². The predicted octanol–water partition coefficient (Wildman–Crippen LogP) is 2.34. The second-order valence-corrected chi connectivity index (χ2v) is 8.97. The van der Waals surface area contributed by atoms with E-state index in [9.17, 15) is 10.1 Å². The van der Waals surface area contributed by atoms with Crippen LogP contribution >= 0.6 is 17.8 Å². The molecular weight excluding hydrogens is 542 g/mol. The molecule has 2 aromatic carbocycles. The van der Waals surface area contributed by atoms with Crippen LogP contribution < -0.4 is 5.73 Å².